The van der Waals surface area contributed by atoms with Crippen LogP contribution in [0.2, 0.25) is 0 Å². The van der Waals surface area contributed by atoms with Gasteiger partial charge in [-0.1, -0.05) is 6.07 Å². The molecule has 21 heavy (non-hydrogen) atoms. The number of methoxy groups -OCH3 is 1. The van der Waals surface area contributed by atoms with E-state index in [0.717, 1.165) is 0 Å². The van der Waals surface area contributed by atoms with Crippen molar-refractivity contribution in [3.05, 3.63) is 59.0 Å². The Morgan fingerprint density at radius 3 is 2.90 bits per heavy atom. The molecule has 0 saturated heterocycles. The van der Waals surface area contributed by atoms with Gasteiger partial charge in [-0.2, -0.15) is 5.26 Å². The van der Waals surface area contributed by atoms with Crippen LogP contribution in [-0.2, 0) is 10.5 Å². The topological polar surface area (TPSA) is 63.0 Å². The molecule has 1 aromatic heterocycles. The summed E-state index contributed by atoms with van der Waals surface area (Å²) in [6.07, 6.45) is 1.56. The highest BCUT2D eigenvalue weighted by molar-refractivity contribution is 7.98. The number of carbonyl (C=O) groups is 1. The summed E-state index contributed by atoms with van der Waals surface area (Å²) in [6, 6.07) is 9.69. The van der Waals surface area contributed by atoms with E-state index >= 15 is 0 Å². The minimum Gasteiger partial charge on any atom is -0.465 e. The number of hydrogen-bond acceptors (Lipinski definition) is 5. The number of ether oxygens (including phenoxy) is 1. The molecule has 1 aromatic carbocycles. The summed E-state index contributed by atoms with van der Waals surface area (Å²) >= 11 is 1.39. The van der Waals surface area contributed by atoms with E-state index in [2.05, 4.69) is 9.72 Å². The molecule has 0 N–H and O–H groups in total. The Balaban J connectivity index is 2.08. The molecule has 0 saturated carbocycles. The maximum atomic E-state index is 13.8. The average molecular weight is 302 g/mol. The molecule has 0 fully saturated rings. The summed E-state index contributed by atoms with van der Waals surface area (Å²) in [4.78, 5) is 15.4. The Hall–Kier alpha value is -2.39. The lowest BCUT2D eigenvalue weighted by molar-refractivity contribution is 0.0595. The van der Waals surface area contributed by atoms with Gasteiger partial charge in [0.05, 0.1) is 29.3 Å². The van der Waals surface area contributed by atoms with Crippen molar-refractivity contribution in [2.75, 3.05) is 7.11 Å². The van der Waals surface area contributed by atoms with Gasteiger partial charge < -0.3 is 4.74 Å². The molecule has 0 atom stereocenters. The van der Waals surface area contributed by atoms with Crippen LogP contribution in [0.1, 0.15) is 21.5 Å². The third kappa shape index (κ3) is 3.80. The largest absolute Gasteiger partial charge is 0.465 e. The maximum absolute atomic E-state index is 13.8. The Labute approximate surface area is 125 Å². The SMILES string of the molecule is COC(=O)c1ccc(CSc2cc(C#N)ccn2)cc1F. The monoisotopic (exact) mass is 302 g/mol. The van der Waals surface area contributed by atoms with Crippen molar-refractivity contribution < 1.29 is 13.9 Å². The molecular formula is C15H11FN2O2S. The quantitative estimate of drug-likeness (QED) is 0.641. The fourth-order valence-electron chi connectivity index (χ4n) is 1.64. The van der Waals surface area contributed by atoms with Gasteiger partial charge >= 0.3 is 5.97 Å². The zero-order valence-corrected chi connectivity index (χ0v) is 12.0. The van der Waals surface area contributed by atoms with Gasteiger partial charge in [-0.3, -0.25) is 0 Å². The molecule has 6 heteroatoms. The van der Waals surface area contributed by atoms with Gasteiger partial charge in [0.25, 0.3) is 0 Å². The second-order valence-corrected chi connectivity index (χ2v) is 5.08. The number of esters is 1. The predicted octanol–water partition coefficient (Wildman–Crippen LogP) is 3.17. The number of rotatable bonds is 4. The molecule has 2 rings (SSSR count). The maximum Gasteiger partial charge on any atom is 0.340 e. The van der Waals surface area contributed by atoms with E-state index in [4.69, 9.17) is 5.26 Å². The minimum absolute atomic E-state index is 0.0872. The first-order chi connectivity index (χ1) is 10.1. The number of halogens is 1. The Bertz CT molecular complexity index is 713. The first-order valence-electron chi connectivity index (χ1n) is 5.99. The highest BCUT2D eigenvalue weighted by Crippen LogP contribution is 2.22. The molecule has 0 amide bonds. The normalized spacial score (nSPS) is 9.95. The molecule has 0 aliphatic heterocycles. The lowest BCUT2D eigenvalue weighted by atomic mass is 10.1. The van der Waals surface area contributed by atoms with Crippen LogP contribution < -0.4 is 0 Å². The summed E-state index contributed by atoms with van der Waals surface area (Å²) < 4.78 is 18.3. The van der Waals surface area contributed by atoms with Crippen LogP contribution in [0.3, 0.4) is 0 Å². The molecule has 0 radical (unpaired) electrons. The molecule has 0 unspecified atom stereocenters. The van der Waals surface area contributed by atoms with Crippen LogP contribution >= 0.6 is 11.8 Å². The summed E-state index contributed by atoms with van der Waals surface area (Å²) in [6.45, 7) is 0. The first-order valence-corrected chi connectivity index (χ1v) is 6.98. The van der Waals surface area contributed by atoms with Crippen molar-refractivity contribution in [3.63, 3.8) is 0 Å². The van der Waals surface area contributed by atoms with Crippen LogP contribution in [0.25, 0.3) is 0 Å². The van der Waals surface area contributed by atoms with Crippen LogP contribution in [0.4, 0.5) is 4.39 Å². The fourth-order valence-corrected chi connectivity index (χ4v) is 2.48. The van der Waals surface area contributed by atoms with Crippen LogP contribution in [0.15, 0.2) is 41.6 Å². The smallest absolute Gasteiger partial charge is 0.340 e. The number of aromatic nitrogens is 1. The van der Waals surface area contributed by atoms with Gasteiger partial charge in [0.15, 0.2) is 0 Å². The number of benzene rings is 1. The predicted molar refractivity (Wildman–Crippen MR) is 76.3 cm³/mol. The second-order valence-electron chi connectivity index (χ2n) is 4.09. The third-order valence-electron chi connectivity index (χ3n) is 2.69. The number of thioether (sulfide) groups is 1. The minimum atomic E-state index is -0.699. The Morgan fingerprint density at radius 1 is 1.43 bits per heavy atom. The highest BCUT2D eigenvalue weighted by Gasteiger charge is 2.12. The molecule has 2 aromatic rings. The zero-order valence-electron chi connectivity index (χ0n) is 11.2. The Kier molecular flexibility index (Phi) is 4.90. The summed E-state index contributed by atoms with van der Waals surface area (Å²) in [5.41, 5.74) is 1.16. The number of nitriles is 1. The lowest BCUT2D eigenvalue weighted by Crippen LogP contribution is -2.04. The lowest BCUT2D eigenvalue weighted by Gasteiger charge is -2.05. The standard InChI is InChI=1S/C15H11FN2O2S/c1-20-15(19)12-3-2-11(6-13(12)16)9-21-14-7-10(8-17)4-5-18-14/h2-7H,9H2,1H3. The van der Waals surface area contributed by atoms with Gasteiger partial charge in [0.1, 0.15) is 5.82 Å². The van der Waals surface area contributed by atoms with Gasteiger partial charge in [-0.15, -0.1) is 11.8 Å². The summed E-state index contributed by atoms with van der Waals surface area (Å²) in [5, 5.41) is 9.50. The van der Waals surface area contributed by atoms with Crippen molar-refractivity contribution in [2.24, 2.45) is 0 Å². The second kappa shape index (κ2) is 6.86. The molecule has 0 aliphatic carbocycles. The van der Waals surface area contributed by atoms with Crippen LogP contribution in [0, 0.1) is 17.1 Å². The highest BCUT2D eigenvalue weighted by atomic mass is 32.2. The molecule has 4 nitrogen and oxygen atoms in total. The van der Waals surface area contributed by atoms with E-state index in [1.807, 2.05) is 6.07 Å². The number of hydrogen-bond donors (Lipinski definition) is 0. The van der Waals surface area contributed by atoms with E-state index in [1.165, 1.54) is 31.0 Å². The number of carbonyl (C=O) groups excluding carboxylic acids is 1. The average Bonchev–Trinajstić information content (AvgIpc) is 2.52. The third-order valence-corrected chi connectivity index (χ3v) is 3.69. The zero-order chi connectivity index (χ0) is 15.2. The van der Waals surface area contributed by atoms with Gasteiger partial charge in [-0.25, -0.2) is 14.2 Å². The first kappa shape index (κ1) is 15.0. The molecule has 1 heterocycles. The fraction of sp³-hybridized carbons (Fsp3) is 0.133. The Morgan fingerprint density at radius 2 is 2.24 bits per heavy atom. The molecule has 106 valence electrons. The van der Waals surface area contributed by atoms with Crippen LogP contribution in [-0.4, -0.2) is 18.1 Å². The molecule has 0 aliphatic rings. The van der Waals surface area contributed by atoms with E-state index < -0.39 is 11.8 Å². The molecule has 0 spiro atoms. The van der Waals surface area contributed by atoms with Crippen molar-refractivity contribution in [3.8, 4) is 6.07 Å². The summed E-state index contributed by atoms with van der Waals surface area (Å²) in [5.74, 6) is -0.825. The van der Waals surface area contributed by atoms with E-state index in [-0.39, 0.29) is 5.56 Å². The van der Waals surface area contributed by atoms with Crippen molar-refractivity contribution in [1.29, 1.82) is 5.26 Å². The van der Waals surface area contributed by atoms with Gasteiger partial charge in [-0.05, 0) is 29.8 Å². The summed E-state index contributed by atoms with van der Waals surface area (Å²) in [7, 11) is 1.21. The van der Waals surface area contributed by atoms with Gasteiger partial charge in [0.2, 0.25) is 0 Å². The van der Waals surface area contributed by atoms with Crippen molar-refractivity contribution in [2.45, 2.75) is 10.8 Å². The number of nitrogens with zero attached hydrogens (tertiary/aromatic N) is 2. The van der Waals surface area contributed by atoms with Crippen molar-refractivity contribution in [1.82, 2.24) is 4.98 Å². The molecular weight excluding hydrogens is 291 g/mol. The van der Waals surface area contributed by atoms with Crippen LogP contribution in [0.5, 0.6) is 0 Å². The molecule has 0 bridgehead atoms. The van der Waals surface area contributed by atoms with E-state index in [0.29, 0.717) is 21.9 Å². The van der Waals surface area contributed by atoms with Crippen molar-refractivity contribution >= 4 is 17.7 Å². The van der Waals surface area contributed by atoms with E-state index in [1.54, 1.807) is 24.4 Å². The number of pyridine rings is 1. The van der Waals surface area contributed by atoms with Gasteiger partial charge in [0, 0.05) is 11.9 Å². The van der Waals surface area contributed by atoms with E-state index in [9.17, 15) is 9.18 Å².